The fourth-order valence-electron chi connectivity index (χ4n) is 1.95. The van der Waals surface area contributed by atoms with Crippen LogP contribution in [0.15, 0.2) is 0 Å². The highest BCUT2D eigenvalue weighted by Crippen LogP contribution is 2.19. The standard InChI is InChI=1S/C10H22N2S/c1-13-9-8-12-6-3-10(2-5-11)4-7-12/h10H,2-9,11H2,1H3. The first-order valence-corrected chi connectivity index (χ1v) is 6.67. The van der Waals surface area contributed by atoms with Crippen LogP contribution in [0.3, 0.4) is 0 Å². The highest BCUT2D eigenvalue weighted by molar-refractivity contribution is 7.98. The van der Waals surface area contributed by atoms with Gasteiger partial charge in [-0.3, -0.25) is 0 Å². The molecule has 1 fully saturated rings. The zero-order chi connectivity index (χ0) is 9.52. The molecule has 0 aromatic carbocycles. The van der Waals surface area contributed by atoms with Crippen LogP contribution in [-0.2, 0) is 0 Å². The van der Waals surface area contributed by atoms with E-state index in [4.69, 9.17) is 5.73 Å². The molecule has 2 nitrogen and oxygen atoms in total. The van der Waals surface area contributed by atoms with Crippen LogP contribution in [0.1, 0.15) is 19.3 Å². The van der Waals surface area contributed by atoms with E-state index in [2.05, 4.69) is 11.2 Å². The van der Waals surface area contributed by atoms with E-state index in [0.717, 1.165) is 12.5 Å². The van der Waals surface area contributed by atoms with Crippen molar-refractivity contribution in [3.05, 3.63) is 0 Å². The number of piperidine rings is 1. The average Bonchev–Trinajstić information content (AvgIpc) is 2.17. The number of rotatable bonds is 5. The van der Waals surface area contributed by atoms with Crippen LogP contribution in [0.25, 0.3) is 0 Å². The molecule has 1 aliphatic heterocycles. The van der Waals surface area contributed by atoms with Gasteiger partial charge in [0.25, 0.3) is 0 Å². The summed E-state index contributed by atoms with van der Waals surface area (Å²) in [6.07, 6.45) is 6.15. The number of nitrogens with zero attached hydrogens (tertiary/aromatic N) is 1. The van der Waals surface area contributed by atoms with Crippen molar-refractivity contribution in [3.8, 4) is 0 Å². The minimum absolute atomic E-state index is 0.871. The molecule has 78 valence electrons. The molecule has 0 spiro atoms. The Labute approximate surface area is 86.2 Å². The van der Waals surface area contributed by atoms with Gasteiger partial charge < -0.3 is 10.6 Å². The fraction of sp³-hybridized carbons (Fsp3) is 1.00. The maximum atomic E-state index is 5.56. The second kappa shape index (κ2) is 6.68. The Morgan fingerprint density at radius 1 is 1.38 bits per heavy atom. The van der Waals surface area contributed by atoms with E-state index in [0.29, 0.717) is 0 Å². The monoisotopic (exact) mass is 202 g/mol. The second-order valence-electron chi connectivity index (χ2n) is 3.86. The largest absolute Gasteiger partial charge is 0.330 e. The lowest BCUT2D eigenvalue weighted by molar-refractivity contribution is 0.189. The second-order valence-corrected chi connectivity index (χ2v) is 4.84. The van der Waals surface area contributed by atoms with Gasteiger partial charge in [0.05, 0.1) is 0 Å². The molecule has 3 heteroatoms. The van der Waals surface area contributed by atoms with Gasteiger partial charge >= 0.3 is 0 Å². The molecule has 1 rings (SSSR count). The van der Waals surface area contributed by atoms with Crippen molar-refractivity contribution < 1.29 is 0 Å². The van der Waals surface area contributed by atoms with Gasteiger partial charge in [0.2, 0.25) is 0 Å². The molecule has 0 aromatic rings. The number of hydrogen-bond donors (Lipinski definition) is 1. The third-order valence-corrected chi connectivity index (χ3v) is 3.48. The molecule has 2 N–H and O–H groups in total. The van der Waals surface area contributed by atoms with Crippen LogP contribution < -0.4 is 5.73 Å². The fourth-order valence-corrected chi connectivity index (χ4v) is 2.40. The number of likely N-dealkylation sites (tertiary alicyclic amines) is 1. The average molecular weight is 202 g/mol. The molecule has 0 amide bonds. The van der Waals surface area contributed by atoms with Gasteiger partial charge in [-0.15, -0.1) is 0 Å². The Hall–Kier alpha value is 0.270. The number of thioether (sulfide) groups is 1. The molecule has 0 aromatic heterocycles. The van der Waals surface area contributed by atoms with Gasteiger partial charge in [0.1, 0.15) is 0 Å². The van der Waals surface area contributed by atoms with Crippen LogP contribution >= 0.6 is 11.8 Å². The summed E-state index contributed by atoms with van der Waals surface area (Å²) in [5.74, 6) is 2.19. The van der Waals surface area contributed by atoms with Crippen molar-refractivity contribution in [1.29, 1.82) is 0 Å². The summed E-state index contributed by atoms with van der Waals surface area (Å²) in [4.78, 5) is 2.59. The Morgan fingerprint density at radius 2 is 2.08 bits per heavy atom. The summed E-state index contributed by atoms with van der Waals surface area (Å²) in [5.41, 5.74) is 5.56. The van der Waals surface area contributed by atoms with E-state index in [1.165, 1.54) is 44.6 Å². The van der Waals surface area contributed by atoms with E-state index in [9.17, 15) is 0 Å². The maximum absolute atomic E-state index is 5.56. The zero-order valence-electron chi connectivity index (χ0n) is 8.67. The molecule has 0 aliphatic carbocycles. The first kappa shape index (κ1) is 11.3. The number of hydrogen-bond acceptors (Lipinski definition) is 3. The third-order valence-electron chi connectivity index (χ3n) is 2.89. The number of nitrogens with two attached hydrogens (primary N) is 1. The molecule has 0 bridgehead atoms. The summed E-state index contributed by atoms with van der Waals surface area (Å²) in [6.45, 7) is 4.74. The summed E-state index contributed by atoms with van der Waals surface area (Å²) in [5, 5.41) is 0. The van der Waals surface area contributed by atoms with Gasteiger partial charge in [0.15, 0.2) is 0 Å². The van der Waals surface area contributed by atoms with Crippen molar-refractivity contribution in [1.82, 2.24) is 4.90 Å². The van der Waals surface area contributed by atoms with Gasteiger partial charge in [-0.1, -0.05) is 0 Å². The van der Waals surface area contributed by atoms with Crippen molar-refractivity contribution in [3.63, 3.8) is 0 Å². The van der Waals surface area contributed by atoms with Crippen LogP contribution in [0.4, 0.5) is 0 Å². The topological polar surface area (TPSA) is 29.3 Å². The first-order chi connectivity index (χ1) is 6.36. The van der Waals surface area contributed by atoms with Crippen molar-refractivity contribution in [2.45, 2.75) is 19.3 Å². The van der Waals surface area contributed by atoms with Crippen molar-refractivity contribution >= 4 is 11.8 Å². The first-order valence-electron chi connectivity index (χ1n) is 5.28. The van der Waals surface area contributed by atoms with Crippen molar-refractivity contribution in [2.24, 2.45) is 11.7 Å². The van der Waals surface area contributed by atoms with E-state index in [-0.39, 0.29) is 0 Å². The maximum Gasteiger partial charge on any atom is 0.00722 e. The lowest BCUT2D eigenvalue weighted by atomic mass is 9.94. The quantitative estimate of drug-likeness (QED) is 0.731. The molecule has 0 radical (unpaired) electrons. The Balaban J connectivity index is 2.08. The smallest absolute Gasteiger partial charge is 0.00722 e. The molecule has 13 heavy (non-hydrogen) atoms. The Morgan fingerprint density at radius 3 is 2.62 bits per heavy atom. The van der Waals surface area contributed by atoms with E-state index in [1.807, 2.05) is 11.8 Å². The van der Waals surface area contributed by atoms with Crippen LogP contribution in [0.5, 0.6) is 0 Å². The third kappa shape index (κ3) is 4.34. The predicted octanol–water partition coefficient (Wildman–Crippen LogP) is 1.41. The van der Waals surface area contributed by atoms with Gasteiger partial charge in [-0.25, -0.2) is 0 Å². The van der Waals surface area contributed by atoms with Crippen molar-refractivity contribution in [2.75, 3.05) is 38.2 Å². The molecule has 0 atom stereocenters. The van der Waals surface area contributed by atoms with Gasteiger partial charge in [-0.05, 0) is 51.1 Å². The summed E-state index contributed by atoms with van der Waals surface area (Å²) in [7, 11) is 0. The van der Waals surface area contributed by atoms with Crippen LogP contribution in [0, 0.1) is 5.92 Å². The van der Waals surface area contributed by atoms with Crippen LogP contribution in [-0.4, -0.2) is 43.1 Å². The normalized spacial score (nSPS) is 20.8. The lowest BCUT2D eigenvalue weighted by Crippen LogP contribution is -2.35. The molecule has 1 saturated heterocycles. The van der Waals surface area contributed by atoms with E-state index < -0.39 is 0 Å². The van der Waals surface area contributed by atoms with E-state index >= 15 is 0 Å². The van der Waals surface area contributed by atoms with Gasteiger partial charge in [0, 0.05) is 12.3 Å². The van der Waals surface area contributed by atoms with Crippen LogP contribution in [0.2, 0.25) is 0 Å². The van der Waals surface area contributed by atoms with E-state index in [1.54, 1.807) is 0 Å². The lowest BCUT2D eigenvalue weighted by Gasteiger charge is -2.31. The Bertz CT molecular complexity index is 122. The van der Waals surface area contributed by atoms with Gasteiger partial charge in [-0.2, -0.15) is 11.8 Å². The highest BCUT2D eigenvalue weighted by Gasteiger charge is 2.17. The highest BCUT2D eigenvalue weighted by atomic mass is 32.2. The molecular weight excluding hydrogens is 180 g/mol. The molecule has 1 aliphatic rings. The Kier molecular flexibility index (Phi) is 5.83. The zero-order valence-corrected chi connectivity index (χ0v) is 9.48. The predicted molar refractivity (Wildman–Crippen MR) is 61.2 cm³/mol. The molecule has 1 heterocycles. The minimum Gasteiger partial charge on any atom is -0.330 e. The summed E-state index contributed by atoms with van der Waals surface area (Å²) < 4.78 is 0. The summed E-state index contributed by atoms with van der Waals surface area (Å²) >= 11 is 1.94. The minimum atomic E-state index is 0.871. The molecule has 0 unspecified atom stereocenters. The molecule has 0 saturated carbocycles. The molecular formula is C10H22N2S. The summed E-state index contributed by atoms with van der Waals surface area (Å²) in [6, 6.07) is 0. The SMILES string of the molecule is CSCCN1CCC(CCN)CC1.